The van der Waals surface area contributed by atoms with Crippen molar-refractivity contribution in [3.05, 3.63) is 30.6 Å². The van der Waals surface area contributed by atoms with Crippen molar-refractivity contribution in [3.63, 3.8) is 0 Å². The third-order valence-electron chi connectivity index (χ3n) is 3.60. The lowest BCUT2D eigenvalue weighted by Crippen LogP contribution is -2.50. The zero-order chi connectivity index (χ0) is 15.4. The van der Waals surface area contributed by atoms with Gasteiger partial charge < -0.3 is 14.5 Å². The summed E-state index contributed by atoms with van der Waals surface area (Å²) in [4.78, 5) is 15.7. The van der Waals surface area contributed by atoms with Crippen LogP contribution in [0.1, 0.15) is 0 Å². The highest BCUT2D eigenvalue weighted by atomic mass is 16.5. The van der Waals surface area contributed by atoms with E-state index in [9.17, 15) is 4.79 Å². The van der Waals surface area contributed by atoms with Gasteiger partial charge in [0.25, 0.3) is 0 Å². The second kappa shape index (κ2) is 6.52. The number of rotatable bonds is 4. The molecule has 1 fully saturated rings. The highest BCUT2D eigenvalue weighted by molar-refractivity contribution is 5.77. The Morgan fingerprint density at radius 3 is 2.50 bits per heavy atom. The van der Waals surface area contributed by atoms with Gasteiger partial charge in [0, 0.05) is 45.7 Å². The lowest BCUT2D eigenvalue weighted by Gasteiger charge is -2.35. The predicted molar refractivity (Wildman–Crippen MR) is 79.8 cm³/mol. The molecule has 1 amide bonds. The van der Waals surface area contributed by atoms with Crippen LogP contribution in [0.3, 0.4) is 0 Å². The Hall–Kier alpha value is -2.48. The van der Waals surface area contributed by atoms with Crippen molar-refractivity contribution in [3.8, 4) is 5.82 Å². The second-order valence-corrected chi connectivity index (χ2v) is 5.00. The largest absolute Gasteiger partial charge is 0.375 e. The Morgan fingerprint density at radius 2 is 1.91 bits per heavy atom. The van der Waals surface area contributed by atoms with Gasteiger partial charge in [0.1, 0.15) is 6.61 Å². The number of ether oxygens (including phenoxy) is 1. The smallest absolute Gasteiger partial charge is 0.248 e. The lowest BCUT2D eigenvalue weighted by atomic mass is 10.3. The number of hydrogen-bond donors (Lipinski definition) is 0. The summed E-state index contributed by atoms with van der Waals surface area (Å²) >= 11 is 0. The minimum Gasteiger partial charge on any atom is -0.375 e. The molecule has 1 aliphatic rings. The maximum atomic E-state index is 11.8. The van der Waals surface area contributed by atoms with Crippen molar-refractivity contribution >= 4 is 11.7 Å². The predicted octanol–water partition coefficient (Wildman–Crippen LogP) is -0.0427. The van der Waals surface area contributed by atoms with Gasteiger partial charge >= 0.3 is 0 Å². The molecule has 2 aromatic heterocycles. The molecule has 22 heavy (non-hydrogen) atoms. The minimum atomic E-state index is 0.0299. The van der Waals surface area contributed by atoms with Crippen LogP contribution in [0, 0.1) is 0 Å². The summed E-state index contributed by atoms with van der Waals surface area (Å²) in [6.45, 7) is 2.96. The molecule has 1 saturated heterocycles. The first-order valence-corrected chi connectivity index (χ1v) is 7.13. The van der Waals surface area contributed by atoms with E-state index < -0.39 is 0 Å². The Bertz CT molecular complexity index is 605. The molecule has 0 spiro atoms. The number of piperazine rings is 1. The normalized spacial score (nSPS) is 15.1. The lowest BCUT2D eigenvalue weighted by molar-refractivity contribution is -0.135. The van der Waals surface area contributed by atoms with Crippen molar-refractivity contribution in [2.75, 3.05) is 44.8 Å². The summed E-state index contributed by atoms with van der Waals surface area (Å²) in [5.41, 5.74) is 0. The number of nitrogens with zero attached hydrogens (tertiary/aromatic N) is 6. The maximum absolute atomic E-state index is 11.8. The van der Waals surface area contributed by atoms with Crippen LogP contribution >= 0.6 is 0 Å². The topological polar surface area (TPSA) is 76.4 Å². The summed E-state index contributed by atoms with van der Waals surface area (Å²) < 4.78 is 6.55. The first-order valence-electron chi connectivity index (χ1n) is 7.13. The van der Waals surface area contributed by atoms with Crippen LogP contribution in [0.5, 0.6) is 0 Å². The summed E-state index contributed by atoms with van der Waals surface area (Å²) in [7, 11) is 1.53. The average Bonchev–Trinajstić information content (AvgIpc) is 3.10. The van der Waals surface area contributed by atoms with Crippen LogP contribution in [0.2, 0.25) is 0 Å². The highest BCUT2D eigenvalue weighted by Crippen LogP contribution is 2.14. The van der Waals surface area contributed by atoms with E-state index in [-0.39, 0.29) is 12.5 Å². The van der Waals surface area contributed by atoms with Crippen LogP contribution < -0.4 is 4.90 Å². The zero-order valence-electron chi connectivity index (χ0n) is 12.4. The molecule has 1 aliphatic heterocycles. The van der Waals surface area contributed by atoms with E-state index in [1.807, 2.05) is 29.3 Å². The van der Waals surface area contributed by atoms with Crippen LogP contribution in [-0.2, 0) is 9.53 Å². The number of hydrogen-bond acceptors (Lipinski definition) is 6. The van der Waals surface area contributed by atoms with E-state index in [0.29, 0.717) is 18.9 Å². The van der Waals surface area contributed by atoms with Crippen molar-refractivity contribution in [1.29, 1.82) is 0 Å². The standard InChI is InChI=1S/C14H18N6O2/c1-22-11-14(21)19-9-7-18(8-10-19)12-3-4-13(17-16-12)20-6-2-5-15-20/h2-6H,7-11H2,1H3. The van der Waals surface area contributed by atoms with Gasteiger partial charge in [-0.25, -0.2) is 4.68 Å². The molecule has 0 aliphatic carbocycles. The summed E-state index contributed by atoms with van der Waals surface area (Å²) in [5, 5.41) is 12.6. The third kappa shape index (κ3) is 3.06. The molecule has 0 atom stereocenters. The third-order valence-corrected chi connectivity index (χ3v) is 3.60. The molecule has 3 rings (SSSR count). The fourth-order valence-corrected chi connectivity index (χ4v) is 2.41. The van der Waals surface area contributed by atoms with Crippen molar-refractivity contribution in [2.24, 2.45) is 0 Å². The number of aromatic nitrogens is 4. The summed E-state index contributed by atoms with van der Waals surface area (Å²) in [6.07, 6.45) is 3.52. The van der Waals surface area contributed by atoms with Gasteiger partial charge in [-0.3, -0.25) is 4.79 Å². The molecule has 0 radical (unpaired) electrons. The van der Waals surface area contributed by atoms with Gasteiger partial charge in [-0.2, -0.15) is 5.10 Å². The molecule has 2 aromatic rings. The van der Waals surface area contributed by atoms with Gasteiger partial charge in [-0.1, -0.05) is 0 Å². The average molecular weight is 302 g/mol. The molecule has 8 nitrogen and oxygen atoms in total. The molecule has 0 saturated carbocycles. The van der Waals surface area contributed by atoms with Crippen molar-refractivity contribution in [2.45, 2.75) is 0 Å². The van der Waals surface area contributed by atoms with E-state index in [2.05, 4.69) is 20.2 Å². The second-order valence-electron chi connectivity index (χ2n) is 5.00. The van der Waals surface area contributed by atoms with E-state index in [1.165, 1.54) is 7.11 Å². The van der Waals surface area contributed by atoms with Crippen LogP contribution in [-0.4, -0.2) is 70.7 Å². The maximum Gasteiger partial charge on any atom is 0.248 e. The van der Waals surface area contributed by atoms with Crippen LogP contribution in [0.4, 0.5) is 5.82 Å². The fourth-order valence-electron chi connectivity index (χ4n) is 2.41. The Kier molecular flexibility index (Phi) is 4.29. The minimum absolute atomic E-state index is 0.0299. The number of carbonyl (C=O) groups excluding carboxylic acids is 1. The van der Waals surface area contributed by atoms with Crippen LogP contribution in [0.25, 0.3) is 5.82 Å². The molecule has 0 aromatic carbocycles. The van der Waals surface area contributed by atoms with E-state index >= 15 is 0 Å². The van der Waals surface area contributed by atoms with Gasteiger partial charge in [0.15, 0.2) is 11.6 Å². The Labute approximate surface area is 128 Å². The van der Waals surface area contributed by atoms with Gasteiger partial charge in [0.05, 0.1) is 0 Å². The first-order chi connectivity index (χ1) is 10.8. The zero-order valence-corrected chi connectivity index (χ0v) is 12.4. The summed E-state index contributed by atoms with van der Waals surface area (Å²) in [6, 6.07) is 5.65. The molecular formula is C14H18N6O2. The number of methoxy groups -OCH3 is 1. The molecule has 116 valence electrons. The SMILES string of the molecule is COCC(=O)N1CCN(c2ccc(-n3cccn3)nn2)CC1. The molecule has 3 heterocycles. The molecule has 8 heteroatoms. The van der Waals surface area contributed by atoms with E-state index in [4.69, 9.17) is 4.74 Å². The number of amides is 1. The van der Waals surface area contributed by atoms with Crippen LogP contribution in [0.15, 0.2) is 30.6 Å². The van der Waals surface area contributed by atoms with Crippen molar-refractivity contribution in [1.82, 2.24) is 24.9 Å². The van der Waals surface area contributed by atoms with E-state index in [1.54, 1.807) is 10.9 Å². The number of anilines is 1. The first kappa shape index (κ1) is 14.5. The highest BCUT2D eigenvalue weighted by Gasteiger charge is 2.21. The quantitative estimate of drug-likeness (QED) is 0.788. The monoisotopic (exact) mass is 302 g/mol. The Balaban J connectivity index is 1.61. The van der Waals surface area contributed by atoms with Gasteiger partial charge in [0.2, 0.25) is 5.91 Å². The molecule has 0 bridgehead atoms. The number of carbonyl (C=O) groups is 1. The molecular weight excluding hydrogens is 284 g/mol. The van der Waals surface area contributed by atoms with Crippen molar-refractivity contribution < 1.29 is 9.53 Å². The fraction of sp³-hybridized carbons (Fsp3) is 0.429. The van der Waals surface area contributed by atoms with Gasteiger partial charge in [-0.05, 0) is 18.2 Å². The molecule has 0 N–H and O–H groups in total. The van der Waals surface area contributed by atoms with Gasteiger partial charge in [-0.15, -0.1) is 10.2 Å². The Morgan fingerprint density at radius 1 is 1.18 bits per heavy atom. The van der Waals surface area contributed by atoms with E-state index in [0.717, 1.165) is 18.9 Å². The summed E-state index contributed by atoms with van der Waals surface area (Å²) in [5.74, 6) is 1.53. The molecule has 0 unspecified atom stereocenters.